The first-order valence-electron chi connectivity index (χ1n) is 8.89. The second kappa shape index (κ2) is 9.56. The minimum atomic E-state index is -0.618. The molecule has 1 heterocycles. The van der Waals surface area contributed by atoms with Crippen LogP contribution in [0.1, 0.15) is 55.6 Å². The molecule has 1 aromatic rings. The molecule has 1 fully saturated rings. The van der Waals surface area contributed by atoms with Crippen molar-refractivity contribution >= 4 is 29.1 Å². The number of carbonyl (C=O) groups excluding carboxylic acids is 3. The lowest BCUT2D eigenvalue weighted by atomic mass is 10.0. The monoisotopic (exact) mass is 365 g/mol. The van der Waals surface area contributed by atoms with Crippen molar-refractivity contribution in [1.29, 1.82) is 0 Å². The Morgan fingerprint density at radius 3 is 2.56 bits per heavy atom. The van der Waals surface area contributed by atoms with Gasteiger partial charge in [-0.15, -0.1) is 11.3 Å². The van der Waals surface area contributed by atoms with E-state index in [0.717, 1.165) is 12.8 Å². The van der Waals surface area contributed by atoms with Gasteiger partial charge >= 0.3 is 0 Å². The highest BCUT2D eigenvalue weighted by atomic mass is 32.1. The number of rotatable bonds is 8. The summed E-state index contributed by atoms with van der Waals surface area (Å²) in [4.78, 5) is 37.0. The van der Waals surface area contributed by atoms with Crippen LogP contribution in [0.5, 0.6) is 0 Å². The van der Waals surface area contributed by atoms with Crippen molar-refractivity contribution in [2.75, 3.05) is 6.54 Å². The van der Waals surface area contributed by atoms with Crippen molar-refractivity contribution in [3.05, 3.63) is 22.4 Å². The van der Waals surface area contributed by atoms with Crippen molar-refractivity contribution < 1.29 is 14.4 Å². The van der Waals surface area contributed by atoms with Crippen molar-refractivity contribution in [3.8, 4) is 0 Å². The number of nitrogens with one attached hydrogen (secondary N) is 3. The summed E-state index contributed by atoms with van der Waals surface area (Å²) in [7, 11) is 0. The van der Waals surface area contributed by atoms with E-state index >= 15 is 0 Å². The Morgan fingerprint density at radius 1 is 1.24 bits per heavy atom. The molecule has 2 rings (SSSR count). The van der Waals surface area contributed by atoms with Gasteiger partial charge in [-0.2, -0.15) is 0 Å². The standard InChI is InChI=1S/C18H27N3O3S/c1-12(2)16(21-17(23)14-8-5-11-25-14)18(24)19-10-9-15(22)20-13-6-3-4-7-13/h5,8,11-13,16H,3-4,6-7,9-10H2,1-2H3,(H,19,24)(H,20,22)(H,21,23). The van der Waals surface area contributed by atoms with E-state index in [-0.39, 0.29) is 42.6 Å². The average molecular weight is 365 g/mol. The predicted molar refractivity (Wildman–Crippen MR) is 98.4 cm³/mol. The van der Waals surface area contributed by atoms with Crippen LogP contribution in [0.15, 0.2) is 17.5 Å². The second-order valence-electron chi connectivity index (χ2n) is 6.76. The molecule has 0 radical (unpaired) electrons. The Kier molecular flexibility index (Phi) is 7.43. The van der Waals surface area contributed by atoms with Crippen LogP contribution in [0.3, 0.4) is 0 Å². The molecule has 1 atom stereocenters. The number of hydrogen-bond acceptors (Lipinski definition) is 4. The van der Waals surface area contributed by atoms with Gasteiger partial charge in [-0.25, -0.2) is 0 Å². The zero-order chi connectivity index (χ0) is 18.2. The fourth-order valence-electron chi connectivity index (χ4n) is 2.93. The van der Waals surface area contributed by atoms with Gasteiger partial charge in [-0.3, -0.25) is 14.4 Å². The smallest absolute Gasteiger partial charge is 0.262 e. The van der Waals surface area contributed by atoms with Gasteiger partial charge in [0, 0.05) is 19.0 Å². The fraction of sp³-hybridized carbons (Fsp3) is 0.611. The van der Waals surface area contributed by atoms with Gasteiger partial charge in [0.15, 0.2) is 0 Å². The van der Waals surface area contributed by atoms with Crippen LogP contribution in [0, 0.1) is 5.92 Å². The molecule has 3 N–H and O–H groups in total. The third-order valence-electron chi connectivity index (χ3n) is 4.35. The van der Waals surface area contributed by atoms with Gasteiger partial charge in [-0.05, 0) is 30.2 Å². The highest BCUT2D eigenvalue weighted by molar-refractivity contribution is 7.12. The van der Waals surface area contributed by atoms with Crippen molar-refractivity contribution in [2.45, 2.75) is 58.0 Å². The van der Waals surface area contributed by atoms with Gasteiger partial charge in [0.2, 0.25) is 11.8 Å². The van der Waals surface area contributed by atoms with E-state index in [2.05, 4.69) is 16.0 Å². The average Bonchev–Trinajstić information content (AvgIpc) is 3.25. The summed E-state index contributed by atoms with van der Waals surface area (Å²) in [6.07, 6.45) is 4.68. The molecule has 0 spiro atoms. The van der Waals surface area contributed by atoms with E-state index in [1.54, 1.807) is 12.1 Å². The van der Waals surface area contributed by atoms with Crippen LogP contribution < -0.4 is 16.0 Å². The molecule has 0 bridgehead atoms. The molecule has 6 nitrogen and oxygen atoms in total. The Hall–Kier alpha value is -1.89. The lowest BCUT2D eigenvalue weighted by molar-refractivity contribution is -0.124. The zero-order valence-corrected chi connectivity index (χ0v) is 15.7. The molecule has 1 aliphatic rings. The Balaban J connectivity index is 1.75. The van der Waals surface area contributed by atoms with Crippen molar-refractivity contribution in [3.63, 3.8) is 0 Å². The maximum Gasteiger partial charge on any atom is 0.262 e. The summed E-state index contributed by atoms with van der Waals surface area (Å²) in [6.45, 7) is 4.03. The van der Waals surface area contributed by atoms with E-state index in [1.807, 2.05) is 19.2 Å². The number of amides is 3. The Bertz CT molecular complexity index is 580. The van der Waals surface area contributed by atoms with E-state index in [1.165, 1.54) is 24.2 Å². The highest BCUT2D eigenvalue weighted by Crippen LogP contribution is 2.17. The van der Waals surface area contributed by atoms with Crippen LogP contribution in [0.4, 0.5) is 0 Å². The number of carbonyl (C=O) groups is 3. The summed E-state index contributed by atoms with van der Waals surface area (Å²) in [5.74, 6) is -0.580. The van der Waals surface area contributed by atoms with Crippen LogP contribution in [-0.4, -0.2) is 36.3 Å². The van der Waals surface area contributed by atoms with Crippen LogP contribution in [0.25, 0.3) is 0 Å². The predicted octanol–water partition coefficient (Wildman–Crippen LogP) is 2.07. The topological polar surface area (TPSA) is 87.3 Å². The van der Waals surface area contributed by atoms with Gasteiger partial charge in [0.1, 0.15) is 6.04 Å². The second-order valence-corrected chi connectivity index (χ2v) is 7.71. The maximum atomic E-state index is 12.4. The summed E-state index contributed by atoms with van der Waals surface area (Å²) in [6, 6.07) is 3.19. The molecule has 25 heavy (non-hydrogen) atoms. The number of hydrogen-bond donors (Lipinski definition) is 3. The molecular formula is C18H27N3O3S. The summed E-state index contributed by atoms with van der Waals surface area (Å²) in [5.41, 5.74) is 0. The maximum absolute atomic E-state index is 12.4. The molecule has 0 aliphatic heterocycles. The van der Waals surface area contributed by atoms with Crippen LogP contribution >= 0.6 is 11.3 Å². The summed E-state index contributed by atoms with van der Waals surface area (Å²) < 4.78 is 0. The number of thiophene rings is 1. The third kappa shape index (κ3) is 6.16. The molecule has 1 aromatic heterocycles. The van der Waals surface area contributed by atoms with Crippen molar-refractivity contribution in [2.24, 2.45) is 5.92 Å². The largest absolute Gasteiger partial charge is 0.354 e. The minimum Gasteiger partial charge on any atom is -0.354 e. The normalized spacial score (nSPS) is 15.8. The van der Waals surface area contributed by atoms with E-state index in [9.17, 15) is 14.4 Å². The zero-order valence-electron chi connectivity index (χ0n) is 14.8. The van der Waals surface area contributed by atoms with Crippen molar-refractivity contribution in [1.82, 2.24) is 16.0 Å². The minimum absolute atomic E-state index is 0.0316. The fourth-order valence-corrected chi connectivity index (χ4v) is 3.56. The summed E-state index contributed by atoms with van der Waals surface area (Å²) >= 11 is 1.34. The first kappa shape index (κ1) is 19.4. The van der Waals surface area contributed by atoms with Crippen LogP contribution in [0.2, 0.25) is 0 Å². The Labute approximate surface area is 152 Å². The Morgan fingerprint density at radius 2 is 1.96 bits per heavy atom. The van der Waals surface area contributed by atoms with E-state index in [4.69, 9.17) is 0 Å². The van der Waals surface area contributed by atoms with E-state index in [0.29, 0.717) is 4.88 Å². The van der Waals surface area contributed by atoms with Gasteiger partial charge < -0.3 is 16.0 Å². The lowest BCUT2D eigenvalue weighted by Gasteiger charge is -2.21. The third-order valence-corrected chi connectivity index (χ3v) is 5.22. The molecular weight excluding hydrogens is 338 g/mol. The van der Waals surface area contributed by atoms with Gasteiger partial charge in [0.05, 0.1) is 4.88 Å². The molecule has 1 saturated carbocycles. The lowest BCUT2D eigenvalue weighted by Crippen LogP contribution is -2.50. The van der Waals surface area contributed by atoms with Gasteiger partial charge in [0.25, 0.3) is 5.91 Å². The highest BCUT2D eigenvalue weighted by Gasteiger charge is 2.25. The van der Waals surface area contributed by atoms with Crippen LogP contribution in [-0.2, 0) is 9.59 Å². The molecule has 0 saturated heterocycles. The van der Waals surface area contributed by atoms with Gasteiger partial charge in [-0.1, -0.05) is 32.8 Å². The summed E-state index contributed by atoms with van der Waals surface area (Å²) in [5, 5.41) is 10.4. The molecule has 1 aliphatic carbocycles. The molecule has 0 aromatic carbocycles. The van der Waals surface area contributed by atoms with E-state index < -0.39 is 6.04 Å². The molecule has 7 heteroatoms. The quantitative estimate of drug-likeness (QED) is 0.659. The molecule has 1 unspecified atom stereocenters. The molecule has 3 amide bonds. The first-order valence-corrected chi connectivity index (χ1v) is 9.76. The molecule has 138 valence electrons. The SMILES string of the molecule is CC(C)C(NC(=O)c1cccs1)C(=O)NCCC(=O)NC1CCCC1. The first-order chi connectivity index (χ1) is 12.0.